The van der Waals surface area contributed by atoms with E-state index in [2.05, 4.69) is 28.6 Å². The number of aryl methyl sites for hydroxylation is 1. The van der Waals surface area contributed by atoms with Gasteiger partial charge in [-0.05, 0) is 36.2 Å². The summed E-state index contributed by atoms with van der Waals surface area (Å²) in [7, 11) is 0. The number of carbonyl (C=O) groups is 2. The summed E-state index contributed by atoms with van der Waals surface area (Å²) in [6.07, 6.45) is 0.948. The number of hydrogen-bond donors (Lipinski definition) is 2. The van der Waals surface area contributed by atoms with Crippen LogP contribution in [0.25, 0.3) is 10.2 Å². The number of nitrogens with one attached hydrogen (secondary N) is 2. The van der Waals surface area contributed by atoms with E-state index in [1.54, 1.807) is 24.3 Å². The maximum Gasteiger partial charge on any atom is 0.253 e. The van der Waals surface area contributed by atoms with Crippen molar-refractivity contribution < 1.29 is 9.59 Å². The molecular formula is C18H16ClN3O2S. The van der Waals surface area contributed by atoms with Gasteiger partial charge < -0.3 is 10.6 Å². The summed E-state index contributed by atoms with van der Waals surface area (Å²) < 4.78 is 1.02. The number of carbonyl (C=O) groups excluding carboxylic acids is 2. The zero-order chi connectivity index (χ0) is 17.8. The molecule has 7 heteroatoms. The summed E-state index contributed by atoms with van der Waals surface area (Å²) in [5, 5.41) is 6.12. The first-order chi connectivity index (χ1) is 12.1. The minimum absolute atomic E-state index is 0.153. The van der Waals surface area contributed by atoms with E-state index in [-0.39, 0.29) is 12.5 Å². The summed E-state index contributed by atoms with van der Waals surface area (Å²) in [6, 6.07) is 12.7. The Hall–Kier alpha value is -2.44. The van der Waals surface area contributed by atoms with Crippen LogP contribution >= 0.6 is 22.9 Å². The third kappa shape index (κ3) is 4.15. The lowest BCUT2D eigenvalue weighted by Crippen LogP contribution is -2.32. The highest BCUT2D eigenvalue weighted by Gasteiger charge is 2.12. The molecule has 2 N–H and O–H groups in total. The van der Waals surface area contributed by atoms with E-state index < -0.39 is 5.91 Å². The number of rotatable bonds is 5. The van der Waals surface area contributed by atoms with Gasteiger partial charge in [-0.15, -0.1) is 0 Å². The van der Waals surface area contributed by atoms with Crippen LogP contribution in [0, 0.1) is 0 Å². The lowest BCUT2D eigenvalue weighted by molar-refractivity contribution is -0.115. The molecular weight excluding hydrogens is 358 g/mol. The molecule has 0 aliphatic carbocycles. The van der Waals surface area contributed by atoms with Crippen molar-refractivity contribution in [3.05, 3.63) is 58.6 Å². The minimum atomic E-state index is -0.391. The number of halogens is 1. The van der Waals surface area contributed by atoms with Crippen molar-refractivity contribution in [2.24, 2.45) is 0 Å². The fraction of sp³-hybridized carbons (Fsp3) is 0.167. The normalized spacial score (nSPS) is 10.6. The van der Waals surface area contributed by atoms with Crippen LogP contribution in [-0.4, -0.2) is 23.3 Å². The molecule has 2 aromatic carbocycles. The molecule has 0 spiro atoms. The first kappa shape index (κ1) is 17.4. The molecule has 0 aliphatic rings. The van der Waals surface area contributed by atoms with Gasteiger partial charge in [0.1, 0.15) is 0 Å². The molecule has 1 aromatic heterocycles. The van der Waals surface area contributed by atoms with E-state index in [0.717, 1.165) is 16.6 Å². The Labute approximate surface area is 154 Å². The molecule has 25 heavy (non-hydrogen) atoms. The van der Waals surface area contributed by atoms with Crippen molar-refractivity contribution in [3.8, 4) is 0 Å². The third-order valence-corrected chi connectivity index (χ3v) is 4.90. The number of fused-ring (bicyclic) bond motifs is 1. The van der Waals surface area contributed by atoms with Crippen LogP contribution in [0.4, 0.5) is 5.13 Å². The monoisotopic (exact) mass is 373 g/mol. The molecule has 0 saturated carbocycles. The third-order valence-electron chi connectivity index (χ3n) is 3.64. The van der Waals surface area contributed by atoms with Crippen LogP contribution in [0.2, 0.25) is 5.02 Å². The molecule has 3 aromatic rings. The lowest BCUT2D eigenvalue weighted by atomic mass is 10.2. The topological polar surface area (TPSA) is 71.1 Å². The van der Waals surface area contributed by atoms with Crippen molar-refractivity contribution >= 4 is 50.1 Å². The molecule has 5 nitrogen and oxygen atoms in total. The van der Waals surface area contributed by atoms with E-state index in [1.807, 2.05) is 12.1 Å². The van der Waals surface area contributed by atoms with Crippen LogP contribution in [0.1, 0.15) is 22.8 Å². The number of aromatic nitrogens is 1. The Morgan fingerprint density at radius 2 is 2.00 bits per heavy atom. The second-order valence-corrected chi connectivity index (χ2v) is 6.82. The van der Waals surface area contributed by atoms with Gasteiger partial charge in [-0.3, -0.25) is 9.59 Å². The van der Waals surface area contributed by atoms with Crippen LogP contribution < -0.4 is 10.6 Å². The quantitative estimate of drug-likeness (QED) is 0.712. The molecule has 2 amide bonds. The highest BCUT2D eigenvalue weighted by atomic mass is 35.5. The highest BCUT2D eigenvalue weighted by Crippen LogP contribution is 2.26. The van der Waals surface area contributed by atoms with Gasteiger partial charge in [0.05, 0.1) is 27.3 Å². The van der Waals surface area contributed by atoms with E-state index in [0.29, 0.717) is 15.7 Å². The Morgan fingerprint density at radius 3 is 2.76 bits per heavy atom. The van der Waals surface area contributed by atoms with Gasteiger partial charge >= 0.3 is 0 Å². The van der Waals surface area contributed by atoms with Crippen LogP contribution in [0.3, 0.4) is 0 Å². The molecule has 0 fully saturated rings. The zero-order valence-corrected chi connectivity index (χ0v) is 15.1. The van der Waals surface area contributed by atoms with E-state index in [4.69, 9.17) is 11.6 Å². The standard InChI is InChI=1S/C18H16ClN3O2S/c1-2-11-7-8-14-15(9-11)25-18(21-14)22-16(23)10-20-17(24)12-5-3-4-6-13(12)19/h3-9H,2,10H2,1H3,(H,20,24)(H,21,22,23). The molecule has 0 unspecified atom stereocenters. The Kier molecular flexibility index (Phi) is 5.31. The smallest absolute Gasteiger partial charge is 0.253 e. The van der Waals surface area contributed by atoms with Gasteiger partial charge in [0, 0.05) is 0 Å². The van der Waals surface area contributed by atoms with Gasteiger partial charge in [-0.25, -0.2) is 4.98 Å². The summed E-state index contributed by atoms with van der Waals surface area (Å²) in [4.78, 5) is 28.5. The van der Waals surface area contributed by atoms with Crippen molar-refractivity contribution in [2.45, 2.75) is 13.3 Å². The summed E-state index contributed by atoms with van der Waals surface area (Å²) in [6.45, 7) is 1.94. The van der Waals surface area contributed by atoms with Gasteiger partial charge in [0.15, 0.2) is 5.13 Å². The largest absolute Gasteiger partial charge is 0.343 e. The van der Waals surface area contributed by atoms with Crippen molar-refractivity contribution in [2.75, 3.05) is 11.9 Å². The second-order valence-electron chi connectivity index (χ2n) is 5.39. The summed E-state index contributed by atoms with van der Waals surface area (Å²) in [5.41, 5.74) is 2.41. The number of nitrogens with zero attached hydrogens (tertiary/aromatic N) is 1. The van der Waals surface area contributed by atoms with Crippen molar-refractivity contribution in [3.63, 3.8) is 0 Å². The fourth-order valence-corrected chi connectivity index (χ4v) is 3.47. The Balaban J connectivity index is 1.61. The van der Waals surface area contributed by atoms with Crippen LogP contribution in [0.15, 0.2) is 42.5 Å². The Bertz CT molecular complexity index is 939. The molecule has 0 aliphatic heterocycles. The average Bonchev–Trinajstić information content (AvgIpc) is 3.01. The predicted molar refractivity (Wildman–Crippen MR) is 101 cm³/mol. The van der Waals surface area contributed by atoms with Crippen LogP contribution in [-0.2, 0) is 11.2 Å². The first-order valence-corrected chi connectivity index (χ1v) is 8.98. The average molecular weight is 374 g/mol. The van der Waals surface area contributed by atoms with Gasteiger partial charge in [-0.2, -0.15) is 0 Å². The van der Waals surface area contributed by atoms with Gasteiger partial charge in [0.25, 0.3) is 5.91 Å². The second kappa shape index (κ2) is 7.63. The molecule has 0 atom stereocenters. The maximum atomic E-state index is 12.0. The number of hydrogen-bond acceptors (Lipinski definition) is 4. The molecule has 3 rings (SSSR count). The van der Waals surface area contributed by atoms with Gasteiger partial charge in [-0.1, -0.05) is 48.1 Å². The molecule has 0 saturated heterocycles. The Morgan fingerprint density at radius 1 is 1.20 bits per heavy atom. The van der Waals surface area contributed by atoms with Crippen molar-refractivity contribution in [1.29, 1.82) is 0 Å². The van der Waals surface area contributed by atoms with Gasteiger partial charge in [0.2, 0.25) is 5.91 Å². The minimum Gasteiger partial charge on any atom is -0.343 e. The molecule has 0 radical (unpaired) electrons. The highest BCUT2D eigenvalue weighted by molar-refractivity contribution is 7.22. The molecule has 128 valence electrons. The summed E-state index contributed by atoms with van der Waals surface area (Å²) in [5.74, 6) is -0.729. The number of benzene rings is 2. The maximum absolute atomic E-state index is 12.0. The fourth-order valence-electron chi connectivity index (χ4n) is 2.31. The van der Waals surface area contributed by atoms with E-state index in [9.17, 15) is 9.59 Å². The number of anilines is 1. The first-order valence-electron chi connectivity index (χ1n) is 7.79. The zero-order valence-electron chi connectivity index (χ0n) is 13.5. The molecule has 0 bridgehead atoms. The lowest BCUT2D eigenvalue weighted by Gasteiger charge is -2.06. The van der Waals surface area contributed by atoms with Crippen molar-refractivity contribution in [1.82, 2.24) is 10.3 Å². The number of thiazole rings is 1. The predicted octanol–water partition coefficient (Wildman–Crippen LogP) is 3.88. The van der Waals surface area contributed by atoms with E-state index in [1.165, 1.54) is 16.9 Å². The summed E-state index contributed by atoms with van der Waals surface area (Å²) >= 11 is 7.38. The van der Waals surface area contributed by atoms with Crippen LogP contribution in [0.5, 0.6) is 0 Å². The molecule has 1 heterocycles. The number of amides is 2. The SMILES string of the molecule is CCc1ccc2nc(NC(=O)CNC(=O)c3ccccc3Cl)sc2c1. The van der Waals surface area contributed by atoms with E-state index >= 15 is 0 Å².